The van der Waals surface area contributed by atoms with Crippen LogP contribution in [-0.4, -0.2) is 9.97 Å². The van der Waals surface area contributed by atoms with Gasteiger partial charge in [0.1, 0.15) is 11.3 Å². The molecular formula is C14H12ClN3. The van der Waals surface area contributed by atoms with Gasteiger partial charge in [-0.1, -0.05) is 29.8 Å². The molecule has 0 bridgehead atoms. The van der Waals surface area contributed by atoms with E-state index in [-0.39, 0.29) is 0 Å². The minimum atomic E-state index is 0.674. The van der Waals surface area contributed by atoms with Crippen LogP contribution in [0.1, 0.15) is 5.56 Å². The zero-order valence-electron chi connectivity index (χ0n) is 9.87. The number of benzene rings is 2. The molecule has 1 heterocycles. The van der Waals surface area contributed by atoms with Gasteiger partial charge in [-0.2, -0.15) is 0 Å². The van der Waals surface area contributed by atoms with Crippen molar-refractivity contribution >= 4 is 28.3 Å². The normalized spacial score (nSPS) is 11.0. The second-order valence-corrected chi connectivity index (χ2v) is 4.70. The summed E-state index contributed by atoms with van der Waals surface area (Å²) < 4.78 is 0. The highest BCUT2D eigenvalue weighted by Gasteiger charge is 2.08. The number of aryl methyl sites for hydroxylation is 1. The van der Waals surface area contributed by atoms with Gasteiger partial charge in [-0.05, 0) is 30.7 Å². The Balaban J connectivity index is 2.19. The van der Waals surface area contributed by atoms with Gasteiger partial charge in [0.15, 0.2) is 0 Å². The number of imidazole rings is 1. The van der Waals surface area contributed by atoms with E-state index in [1.54, 1.807) is 0 Å². The summed E-state index contributed by atoms with van der Waals surface area (Å²) in [5, 5.41) is 0.737. The molecule has 0 saturated heterocycles. The van der Waals surface area contributed by atoms with Crippen molar-refractivity contribution < 1.29 is 0 Å². The van der Waals surface area contributed by atoms with Crippen molar-refractivity contribution in [2.75, 3.05) is 5.73 Å². The number of rotatable bonds is 1. The Morgan fingerprint density at radius 1 is 1.22 bits per heavy atom. The molecule has 0 aliphatic rings. The summed E-state index contributed by atoms with van der Waals surface area (Å²) in [4.78, 5) is 7.76. The molecule has 0 unspecified atom stereocenters. The summed E-state index contributed by atoms with van der Waals surface area (Å²) in [5.74, 6) is 0.782. The molecule has 3 nitrogen and oxygen atoms in total. The fourth-order valence-electron chi connectivity index (χ4n) is 1.93. The van der Waals surface area contributed by atoms with E-state index in [2.05, 4.69) is 9.97 Å². The van der Waals surface area contributed by atoms with Crippen molar-refractivity contribution in [2.45, 2.75) is 6.92 Å². The lowest BCUT2D eigenvalue weighted by Crippen LogP contribution is -1.85. The van der Waals surface area contributed by atoms with Crippen molar-refractivity contribution in [1.29, 1.82) is 0 Å². The molecule has 1 aromatic heterocycles. The predicted octanol–water partition coefficient (Wildman–Crippen LogP) is 3.77. The Morgan fingerprint density at radius 3 is 2.78 bits per heavy atom. The van der Waals surface area contributed by atoms with Gasteiger partial charge >= 0.3 is 0 Å². The summed E-state index contributed by atoms with van der Waals surface area (Å²) in [6, 6.07) is 11.6. The van der Waals surface area contributed by atoms with Crippen LogP contribution in [0, 0.1) is 6.92 Å². The summed E-state index contributed by atoms with van der Waals surface area (Å²) in [7, 11) is 0. The van der Waals surface area contributed by atoms with Gasteiger partial charge in [0.25, 0.3) is 0 Å². The zero-order chi connectivity index (χ0) is 12.7. The van der Waals surface area contributed by atoms with Gasteiger partial charge in [0.2, 0.25) is 0 Å². The third-order valence-electron chi connectivity index (χ3n) is 2.99. The molecule has 2 aromatic carbocycles. The molecule has 3 N–H and O–H groups in total. The summed E-state index contributed by atoms with van der Waals surface area (Å²) >= 11 is 6.13. The maximum Gasteiger partial charge on any atom is 0.138 e. The van der Waals surface area contributed by atoms with Gasteiger partial charge in [-0.25, -0.2) is 4.98 Å². The number of nitrogen functional groups attached to an aromatic ring is 1. The maximum atomic E-state index is 6.13. The molecule has 0 radical (unpaired) electrons. The molecule has 0 saturated carbocycles. The molecular weight excluding hydrogens is 246 g/mol. The minimum Gasteiger partial charge on any atom is -0.397 e. The Morgan fingerprint density at radius 2 is 2.06 bits per heavy atom. The standard InChI is InChI=1S/C14H12ClN3/c1-8-5-6-9(7-10(8)15)14-17-12-4-2-3-11(16)13(12)18-14/h2-7H,16H2,1H3,(H,17,18). The third-order valence-corrected chi connectivity index (χ3v) is 3.40. The fraction of sp³-hybridized carbons (Fsp3) is 0.0714. The van der Waals surface area contributed by atoms with Crippen LogP contribution in [0.5, 0.6) is 0 Å². The van der Waals surface area contributed by atoms with Crippen LogP contribution in [0.15, 0.2) is 36.4 Å². The highest BCUT2D eigenvalue weighted by Crippen LogP contribution is 2.27. The number of fused-ring (bicyclic) bond motifs is 1. The molecule has 0 amide bonds. The van der Waals surface area contributed by atoms with Gasteiger partial charge < -0.3 is 10.7 Å². The fourth-order valence-corrected chi connectivity index (χ4v) is 2.11. The average molecular weight is 258 g/mol. The number of H-pyrrole nitrogens is 1. The first kappa shape index (κ1) is 11.1. The lowest BCUT2D eigenvalue weighted by atomic mass is 10.1. The van der Waals surface area contributed by atoms with Crippen molar-refractivity contribution in [3.8, 4) is 11.4 Å². The minimum absolute atomic E-state index is 0.674. The topological polar surface area (TPSA) is 54.7 Å². The molecule has 0 aliphatic carbocycles. The Labute approximate surface area is 110 Å². The largest absolute Gasteiger partial charge is 0.397 e. The van der Waals surface area contributed by atoms with Crippen molar-refractivity contribution in [3.05, 3.63) is 47.0 Å². The highest BCUT2D eigenvalue weighted by atomic mass is 35.5. The lowest BCUT2D eigenvalue weighted by molar-refractivity contribution is 1.33. The highest BCUT2D eigenvalue weighted by molar-refractivity contribution is 6.31. The van der Waals surface area contributed by atoms with Gasteiger partial charge in [0.05, 0.1) is 11.2 Å². The molecule has 0 spiro atoms. The van der Waals surface area contributed by atoms with Gasteiger partial charge in [-0.15, -0.1) is 0 Å². The number of halogens is 1. The van der Waals surface area contributed by atoms with Crippen LogP contribution in [0.25, 0.3) is 22.4 Å². The van der Waals surface area contributed by atoms with Crippen LogP contribution in [0.3, 0.4) is 0 Å². The van der Waals surface area contributed by atoms with Crippen LogP contribution < -0.4 is 5.73 Å². The number of aromatic amines is 1. The predicted molar refractivity (Wildman–Crippen MR) is 75.7 cm³/mol. The van der Waals surface area contributed by atoms with Crippen LogP contribution >= 0.6 is 11.6 Å². The second kappa shape index (κ2) is 4.03. The van der Waals surface area contributed by atoms with E-state index in [9.17, 15) is 0 Å². The number of aromatic nitrogens is 2. The van der Waals surface area contributed by atoms with E-state index in [4.69, 9.17) is 17.3 Å². The molecule has 90 valence electrons. The monoisotopic (exact) mass is 257 g/mol. The number of para-hydroxylation sites is 1. The maximum absolute atomic E-state index is 6.13. The molecule has 4 heteroatoms. The first-order chi connectivity index (χ1) is 8.65. The zero-order valence-corrected chi connectivity index (χ0v) is 10.6. The summed E-state index contributed by atoms with van der Waals surface area (Å²) in [6.07, 6.45) is 0. The van der Waals surface area contributed by atoms with E-state index < -0.39 is 0 Å². The van der Waals surface area contributed by atoms with Crippen LogP contribution in [0.4, 0.5) is 5.69 Å². The van der Waals surface area contributed by atoms with Crippen LogP contribution in [-0.2, 0) is 0 Å². The third kappa shape index (κ3) is 1.73. The summed E-state index contributed by atoms with van der Waals surface area (Å²) in [5.41, 5.74) is 10.3. The van der Waals surface area contributed by atoms with Crippen LogP contribution in [0.2, 0.25) is 5.02 Å². The molecule has 3 rings (SSSR count). The smallest absolute Gasteiger partial charge is 0.138 e. The van der Waals surface area contributed by atoms with E-state index in [0.717, 1.165) is 33.0 Å². The number of anilines is 1. The Bertz CT molecular complexity index is 731. The SMILES string of the molecule is Cc1ccc(-c2nc3c(N)cccc3[nH]2)cc1Cl. The first-order valence-electron chi connectivity index (χ1n) is 5.66. The molecule has 18 heavy (non-hydrogen) atoms. The Hall–Kier alpha value is -2.00. The molecule has 0 fully saturated rings. The number of hydrogen-bond acceptors (Lipinski definition) is 2. The van der Waals surface area contributed by atoms with Gasteiger partial charge in [-0.3, -0.25) is 0 Å². The van der Waals surface area contributed by atoms with Crippen molar-refractivity contribution in [1.82, 2.24) is 9.97 Å². The first-order valence-corrected chi connectivity index (χ1v) is 6.03. The quantitative estimate of drug-likeness (QED) is 0.652. The molecule has 3 aromatic rings. The molecule has 0 atom stereocenters. The average Bonchev–Trinajstić information content (AvgIpc) is 2.78. The van der Waals surface area contributed by atoms with E-state index in [1.165, 1.54) is 0 Å². The molecule has 0 aliphatic heterocycles. The summed E-state index contributed by atoms with van der Waals surface area (Å²) in [6.45, 7) is 1.97. The number of nitrogens with two attached hydrogens (primary N) is 1. The van der Waals surface area contributed by atoms with Gasteiger partial charge in [0, 0.05) is 10.6 Å². The Kier molecular flexibility index (Phi) is 2.49. The number of hydrogen-bond donors (Lipinski definition) is 2. The number of nitrogens with zero attached hydrogens (tertiary/aromatic N) is 1. The van der Waals surface area contributed by atoms with E-state index >= 15 is 0 Å². The lowest BCUT2D eigenvalue weighted by Gasteiger charge is -2.00. The van der Waals surface area contributed by atoms with E-state index in [0.29, 0.717) is 5.69 Å². The second-order valence-electron chi connectivity index (χ2n) is 4.29. The van der Waals surface area contributed by atoms with Crippen molar-refractivity contribution in [2.24, 2.45) is 0 Å². The van der Waals surface area contributed by atoms with Crippen molar-refractivity contribution in [3.63, 3.8) is 0 Å². The van der Waals surface area contributed by atoms with E-state index in [1.807, 2.05) is 43.3 Å². The number of nitrogens with one attached hydrogen (secondary N) is 1.